The molecule has 6 heteroatoms. The zero-order chi connectivity index (χ0) is 19.4. The third kappa shape index (κ3) is 4.96. The van der Waals surface area contributed by atoms with E-state index in [9.17, 15) is 4.79 Å². The van der Waals surface area contributed by atoms with E-state index in [0.717, 1.165) is 22.3 Å². The summed E-state index contributed by atoms with van der Waals surface area (Å²) < 4.78 is 12.0. The van der Waals surface area contributed by atoms with Crippen LogP contribution in [0.1, 0.15) is 27.2 Å². The minimum Gasteiger partial charge on any atom is -0.460 e. The number of aromatic nitrogens is 1. The third-order valence-electron chi connectivity index (χ3n) is 4.39. The monoisotopic (exact) mass is 386 g/mol. The van der Waals surface area contributed by atoms with Gasteiger partial charge in [0.25, 0.3) is 11.1 Å². The van der Waals surface area contributed by atoms with Crippen LogP contribution in [0.3, 0.4) is 0 Å². The SMILES string of the molecule is COCCN(C(=O)COc1nc2ccccc2s1)C1=CC(C)(C)CC(C)=C1. The Morgan fingerprint density at radius 2 is 2.11 bits per heavy atom. The number of hydrogen-bond acceptors (Lipinski definition) is 5. The smallest absolute Gasteiger partial charge is 0.274 e. The number of rotatable bonds is 7. The predicted molar refractivity (Wildman–Crippen MR) is 109 cm³/mol. The number of methoxy groups -OCH3 is 1. The number of carbonyl (C=O) groups is 1. The average molecular weight is 387 g/mol. The van der Waals surface area contributed by atoms with Gasteiger partial charge in [-0.1, -0.05) is 49.0 Å². The van der Waals surface area contributed by atoms with Crippen molar-refractivity contribution in [1.29, 1.82) is 0 Å². The molecule has 27 heavy (non-hydrogen) atoms. The van der Waals surface area contributed by atoms with Crippen LogP contribution in [0.4, 0.5) is 0 Å². The molecule has 1 amide bonds. The van der Waals surface area contributed by atoms with Crippen LogP contribution in [0.5, 0.6) is 5.19 Å². The Bertz CT molecular complexity index is 849. The zero-order valence-corrected chi connectivity index (χ0v) is 17.1. The van der Waals surface area contributed by atoms with Crippen LogP contribution in [0.2, 0.25) is 0 Å². The van der Waals surface area contributed by atoms with Crippen molar-refractivity contribution in [2.45, 2.75) is 27.2 Å². The quantitative estimate of drug-likeness (QED) is 0.707. The Hall–Kier alpha value is -2.18. The number of hydrogen-bond donors (Lipinski definition) is 0. The molecular formula is C21H26N2O3S. The lowest BCUT2D eigenvalue weighted by molar-refractivity contribution is -0.131. The summed E-state index contributed by atoms with van der Waals surface area (Å²) in [6.45, 7) is 7.38. The molecule has 0 saturated carbocycles. The largest absolute Gasteiger partial charge is 0.460 e. The van der Waals surface area contributed by atoms with Gasteiger partial charge in [-0.2, -0.15) is 0 Å². The van der Waals surface area contributed by atoms with Crippen molar-refractivity contribution in [3.8, 4) is 5.19 Å². The average Bonchev–Trinajstić information content (AvgIpc) is 3.01. The molecule has 0 radical (unpaired) electrons. The highest BCUT2D eigenvalue weighted by Crippen LogP contribution is 2.34. The Morgan fingerprint density at radius 3 is 2.81 bits per heavy atom. The number of para-hydroxylation sites is 1. The number of thiazole rings is 1. The molecule has 1 heterocycles. The van der Waals surface area contributed by atoms with Gasteiger partial charge in [-0.25, -0.2) is 4.98 Å². The van der Waals surface area contributed by atoms with Gasteiger partial charge >= 0.3 is 0 Å². The van der Waals surface area contributed by atoms with Gasteiger partial charge in [-0.3, -0.25) is 4.79 Å². The molecule has 0 fully saturated rings. The summed E-state index contributed by atoms with van der Waals surface area (Å²) in [6, 6.07) is 7.84. The fourth-order valence-electron chi connectivity index (χ4n) is 3.37. The topological polar surface area (TPSA) is 51.7 Å². The number of allylic oxidation sites excluding steroid dienone is 3. The molecule has 0 bridgehead atoms. The van der Waals surface area contributed by atoms with Crippen LogP contribution in [0, 0.1) is 5.41 Å². The van der Waals surface area contributed by atoms with E-state index in [1.807, 2.05) is 24.3 Å². The molecule has 1 aromatic heterocycles. The normalized spacial score (nSPS) is 16.0. The lowest BCUT2D eigenvalue weighted by atomic mass is 9.81. The maximum atomic E-state index is 12.9. The van der Waals surface area contributed by atoms with Crippen molar-refractivity contribution in [3.05, 3.63) is 47.7 Å². The number of nitrogens with zero attached hydrogens (tertiary/aromatic N) is 2. The molecule has 0 N–H and O–H groups in total. The van der Waals surface area contributed by atoms with E-state index < -0.39 is 0 Å². The number of carbonyl (C=O) groups excluding carboxylic acids is 1. The highest BCUT2D eigenvalue weighted by molar-refractivity contribution is 7.20. The molecular weight excluding hydrogens is 360 g/mol. The maximum absolute atomic E-state index is 12.9. The number of ether oxygens (including phenoxy) is 2. The minimum absolute atomic E-state index is 0.0215. The fourth-order valence-corrected chi connectivity index (χ4v) is 4.18. The van der Waals surface area contributed by atoms with Crippen molar-refractivity contribution in [1.82, 2.24) is 9.88 Å². The third-order valence-corrected chi connectivity index (χ3v) is 5.34. The van der Waals surface area contributed by atoms with Gasteiger partial charge < -0.3 is 14.4 Å². The number of benzene rings is 1. The second-order valence-electron chi connectivity index (χ2n) is 7.50. The van der Waals surface area contributed by atoms with Gasteiger partial charge in [0.15, 0.2) is 6.61 Å². The Kier molecular flexibility index (Phi) is 5.97. The van der Waals surface area contributed by atoms with Gasteiger partial charge in [0.05, 0.1) is 16.8 Å². The fraction of sp³-hybridized carbons (Fsp3) is 0.429. The van der Waals surface area contributed by atoms with Crippen molar-refractivity contribution in [2.75, 3.05) is 26.9 Å². The molecule has 1 aromatic carbocycles. The van der Waals surface area contributed by atoms with Gasteiger partial charge in [-0.05, 0) is 37.0 Å². The van der Waals surface area contributed by atoms with Crippen LogP contribution in [-0.2, 0) is 9.53 Å². The van der Waals surface area contributed by atoms with E-state index in [4.69, 9.17) is 9.47 Å². The van der Waals surface area contributed by atoms with E-state index in [2.05, 4.69) is 37.9 Å². The van der Waals surface area contributed by atoms with Crippen LogP contribution < -0.4 is 4.74 Å². The minimum atomic E-state index is -0.0979. The van der Waals surface area contributed by atoms with Crippen molar-refractivity contribution in [3.63, 3.8) is 0 Å². The van der Waals surface area contributed by atoms with Gasteiger partial charge in [0.2, 0.25) is 0 Å². The van der Waals surface area contributed by atoms with Crippen LogP contribution in [-0.4, -0.2) is 42.7 Å². The van der Waals surface area contributed by atoms with E-state index >= 15 is 0 Å². The molecule has 5 nitrogen and oxygen atoms in total. The summed E-state index contributed by atoms with van der Waals surface area (Å²) in [7, 11) is 1.64. The number of fused-ring (bicyclic) bond motifs is 1. The highest BCUT2D eigenvalue weighted by Gasteiger charge is 2.26. The summed E-state index contributed by atoms with van der Waals surface area (Å²) in [5, 5.41) is 0.515. The molecule has 0 aliphatic heterocycles. The van der Waals surface area contributed by atoms with Crippen LogP contribution in [0.15, 0.2) is 47.7 Å². The zero-order valence-electron chi connectivity index (χ0n) is 16.3. The first-order valence-corrected chi connectivity index (χ1v) is 9.87. The lowest BCUT2D eigenvalue weighted by Gasteiger charge is -2.32. The first kappa shape index (κ1) is 19.6. The summed E-state index contributed by atoms with van der Waals surface area (Å²) >= 11 is 1.45. The maximum Gasteiger partial charge on any atom is 0.274 e. The summed E-state index contributed by atoms with van der Waals surface area (Å²) in [6.07, 6.45) is 5.23. The first-order valence-electron chi connectivity index (χ1n) is 9.06. The van der Waals surface area contributed by atoms with Gasteiger partial charge in [-0.15, -0.1) is 0 Å². The molecule has 0 unspecified atom stereocenters. The summed E-state index contributed by atoms with van der Waals surface area (Å²) in [5.74, 6) is -0.0979. The molecule has 0 saturated heterocycles. The predicted octanol–water partition coefficient (Wildman–Crippen LogP) is 4.41. The first-order chi connectivity index (χ1) is 12.9. The summed E-state index contributed by atoms with van der Waals surface area (Å²) in [4.78, 5) is 19.1. The summed E-state index contributed by atoms with van der Waals surface area (Å²) in [5.41, 5.74) is 3.09. The Labute approximate surface area is 164 Å². The van der Waals surface area contributed by atoms with E-state index in [0.29, 0.717) is 18.3 Å². The molecule has 0 spiro atoms. The van der Waals surface area contributed by atoms with Gasteiger partial charge in [0, 0.05) is 19.4 Å². The Morgan fingerprint density at radius 1 is 1.33 bits per heavy atom. The number of amides is 1. The lowest BCUT2D eigenvalue weighted by Crippen LogP contribution is -2.37. The van der Waals surface area contributed by atoms with Gasteiger partial charge in [0.1, 0.15) is 0 Å². The second kappa shape index (κ2) is 8.23. The standard InChI is InChI=1S/C21H26N2O3S/c1-15-11-16(13-21(2,3)12-15)23(9-10-25-4)19(24)14-26-20-22-17-7-5-6-8-18(17)27-20/h5-8,11,13H,9-10,12,14H2,1-4H3. The second-order valence-corrected chi connectivity index (χ2v) is 8.49. The Balaban J connectivity index is 1.74. The van der Waals surface area contributed by atoms with Crippen molar-refractivity contribution in [2.24, 2.45) is 5.41 Å². The van der Waals surface area contributed by atoms with Crippen LogP contribution in [0.25, 0.3) is 10.2 Å². The van der Waals surface area contributed by atoms with E-state index in [1.165, 1.54) is 16.9 Å². The molecule has 1 aliphatic carbocycles. The molecule has 0 atom stereocenters. The highest BCUT2D eigenvalue weighted by atomic mass is 32.1. The van der Waals surface area contributed by atoms with E-state index in [-0.39, 0.29) is 17.9 Å². The van der Waals surface area contributed by atoms with E-state index in [1.54, 1.807) is 12.0 Å². The molecule has 144 valence electrons. The molecule has 1 aliphatic rings. The van der Waals surface area contributed by atoms with Crippen molar-refractivity contribution >= 4 is 27.5 Å². The van der Waals surface area contributed by atoms with Crippen LogP contribution >= 0.6 is 11.3 Å². The molecule has 3 rings (SSSR count). The molecule has 2 aromatic rings. The van der Waals surface area contributed by atoms with Crippen molar-refractivity contribution < 1.29 is 14.3 Å².